The Labute approximate surface area is 125 Å². The summed E-state index contributed by atoms with van der Waals surface area (Å²) in [6, 6.07) is 5.24. The highest BCUT2D eigenvalue weighted by molar-refractivity contribution is 5.96. The first kappa shape index (κ1) is 16.7. The van der Waals surface area contributed by atoms with Gasteiger partial charge >= 0.3 is 0 Å². The Balaban J connectivity index is 2.68. The number of carbonyl (C=O) groups excluding carboxylic acids is 2. The third-order valence-electron chi connectivity index (χ3n) is 2.81. The Morgan fingerprint density at radius 3 is 2.71 bits per heavy atom. The molecular formula is C16H21N3O2. The minimum Gasteiger partial charge on any atom is -0.355 e. The molecule has 0 fully saturated rings. The molecule has 0 bridgehead atoms. The molecule has 4 N–H and O–H groups in total. The van der Waals surface area contributed by atoms with Gasteiger partial charge in [0.25, 0.3) is 5.91 Å². The van der Waals surface area contributed by atoms with Crippen LogP contribution in [-0.4, -0.2) is 31.4 Å². The Morgan fingerprint density at radius 1 is 1.29 bits per heavy atom. The van der Waals surface area contributed by atoms with Crippen molar-refractivity contribution in [3.8, 4) is 11.8 Å². The Morgan fingerprint density at radius 2 is 2.05 bits per heavy atom. The van der Waals surface area contributed by atoms with E-state index in [1.807, 2.05) is 19.9 Å². The van der Waals surface area contributed by atoms with Crippen molar-refractivity contribution in [2.24, 2.45) is 5.73 Å². The molecule has 0 spiro atoms. The minimum atomic E-state index is -0.294. The number of carbonyl (C=O) groups is 2. The molecule has 0 heterocycles. The van der Waals surface area contributed by atoms with Crippen molar-refractivity contribution < 1.29 is 9.59 Å². The molecule has 0 atom stereocenters. The van der Waals surface area contributed by atoms with E-state index in [0.717, 1.165) is 17.5 Å². The molecule has 0 unspecified atom stereocenters. The quantitative estimate of drug-likeness (QED) is 0.692. The summed E-state index contributed by atoms with van der Waals surface area (Å²) >= 11 is 0. The molecule has 5 heteroatoms. The van der Waals surface area contributed by atoms with Crippen LogP contribution >= 0.6 is 0 Å². The van der Waals surface area contributed by atoms with Crippen LogP contribution in [0.3, 0.4) is 0 Å². The summed E-state index contributed by atoms with van der Waals surface area (Å²) in [6.45, 7) is 4.73. The molecule has 2 amide bonds. The monoisotopic (exact) mass is 287 g/mol. The molecule has 5 nitrogen and oxygen atoms in total. The van der Waals surface area contributed by atoms with E-state index in [9.17, 15) is 9.59 Å². The molecule has 0 aromatic heterocycles. The van der Waals surface area contributed by atoms with Crippen LogP contribution in [0.15, 0.2) is 18.2 Å². The molecule has 0 radical (unpaired) electrons. The van der Waals surface area contributed by atoms with Crippen LogP contribution in [0.1, 0.15) is 34.8 Å². The molecule has 0 aliphatic heterocycles. The highest BCUT2D eigenvalue weighted by Gasteiger charge is 2.09. The first-order chi connectivity index (χ1) is 10.1. The van der Waals surface area contributed by atoms with Gasteiger partial charge in [-0.2, -0.15) is 0 Å². The van der Waals surface area contributed by atoms with Gasteiger partial charge in [-0.1, -0.05) is 24.8 Å². The van der Waals surface area contributed by atoms with E-state index in [1.54, 1.807) is 12.1 Å². The minimum absolute atomic E-state index is 0.0312. The van der Waals surface area contributed by atoms with Crippen LogP contribution in [-0.2, 0) is 4.79 Å². The summed E-state index contributed by atoms with van der Waals surface area (Å²) in [6.07, 6.45) is 0.862. The standard InChI is InChI=1S/C16H21N3O2/c1-3-9-18-15(20)11-19-16(21)14-7-6-12(2)13(10-14)5-4-8-17/h6-7,10H,3,8-9,11,17H2,1-2H3,(H,18,20)(H,19,21). The zero-order chi connectivity index (χ0) is 15.7. The lowest BCUT2D eigenvalue weighted by Crippen LogP contribution is -2.37. The molecule has 1 rings (SSSR count). The summed E-state index contributed by atoms with van der Waals surface area (Å²) in [4.78, 5) is 23.4. The predicted molar refractivity (Wildman–Crippen MR) is 82.7 cm³/mol. The second kappa shape index (κ2) is 8.77. The van der Waals surface area contributed by atoms with Gasteiger partial charge in [-0.3, -0.25) is 9.59 Å². The topological polar surface area (TPSA) is 84.2 Å². The maximum atomic E-state index is 12.0. The van der Waals surface area contributed by atoms with Gasteiger partial charge in [0.05, 0.1) is 13.1 Å². The number of hydrogen-bond acceptors (Lipinski definition) is 3. The number of nitrogens with one attached hydrogen (secondary N) is 2. The number of benzene rings is 1. The Hall–Kier alpha value is -2.32. The SMILES string of the molecule is CCCNC(=O)CNC(=O)c1ccc(C)c(C#CCN)c1. The van der Waals surface area contributed by atoms with Gasteiger partial charge in [-0.15, -0.1) is 0 Å². The molecule has 1 aromatic carbocycles. The van der Waals surface area contributed by atoms with Crippen molar-refractivity contribution in [2.75, 3.05) is 19.6 Å². The normalized spacial score (nSPS) is 9.48. The Kier molecular flexibility index (Phi) is 6.99. The molecule has 0 aliphatic carbocycles. The van der Waals surface area contributed by atoms with Crippen LogP contribution < -0.4 is 16.4 Å². The first-order valence-electron chi connectivity index (χ1n) is 6.93. The summed E-state index contributed by atoms with van der Waals surface area (Å²) in [5, 5.41) is 5.28. The summed E-state index contributed by atoms with van der Waals surface area (Å²) < 4.78 is 0. The van der Waals surface area contributed by atoms with Crippen LogP contribution in [0.2, 0.25) is 0 Å². The molecule has 0 aliphatic rings. The van der Waals surface area contributed by atoms with Crippen molar-refractivity contribution in [1.82, 2.24) is 10.6 Å². The number of hydrogen-bond donors (Lipinski definition) is 3. The number of nitrogens with two attached hydrogens (primary N) is 1. The molecule has 1 aromatic rings. The van der Waals surface area contributed by atoms with Gasteiger partial charge < -0.3 is 16.4 Å². The van der Waals surface area contributed by atoms with Gasteiger partial charge in [0.2, 0.25) is 5.91 Å². The fourth-order valence-corrected chi connectivity index (χ4v) is 1.63. The van der Waals surface area contributed by atoms with Crippen LogP contribution in [0.25, 0.3) is 0 Å². The van der Waals surface area contributed by atoms with Gasteiger partial charge in [-0.05, 0) is 31.0 Å². The van der Waals surface area contributed by atoms with E-state index < -0.39 is 0 Å². The number of amides is 2. The van der Waals surface area contributed by atoms with E-state index in [4.69, 9.17) is 5.73 Å². The van der Waals surface area contributed by atoms with E-state index in [-0.39, 0.29) is 24.9 Å². The van der Waals surface area contributed by atoms with Crippen LogP contribution in [0.5, 0.6) is 0 Å². The number of aryl methyl sites for hydroxylation is 1. The van der Waals surface area contributed by atoms with Gasteiger partial charge in [-0.25, -0.2) is 0 Å². The molecule has 112 valence electrons. The first-order valence-corrected chi connectivity index (χ1v) is 6.93. The van der Waals surface area contributed by atoms with Gasteiger partial charge in [0.1, 0.15) is 0 Å². The van der Waals surface area contributed by atoms with Crippen molar-refractivity contribution in [2.45, 2.75) is 20.3 Å². The zero-order valence-electron chi connectivity index (χ0n) is 12.5. The number of rotatable bonds is 5. The maximum Gasteiger partial charge on any atom is 0.251 e. The summed E-state index contributed by atoms with van der Waals surface area (Å²) in [7, 11) is 0. The van der Waals surface area contributed by atoms with E-state index in [2.05, 4.69) is 22.5 Å². The van der Waals surface area contributed by atoms with Crippen molar-refractivity contribution in [3.63, 3.8) is 0 Å². The second-order valence-corrected chi connectivity index (χ2v) is 4.57. The highest BCUT2D eigenvalue weighted by Crippen LogP contribution is 2.10. The smallest absolute Gasteiger partial charge is 0.251 e. The van der Waals surface area contributed by atoms with Gasteiger partial charge in [0, 0.05) is 17.7 Å². The molecule has 0 saturated carbocycles. The highest BCUT2D eigenvalue weighted by atomic mass is 16.2. The van der Waals surface area contributed by atoms with E-state index in [1.165, 1.54) is 0 Å². The average Bonchev–Trinajstić information content (AvgIpc) is 2.49. The summed E-state index contributed by atoms with van der Waals surface area (Å²) in [5.74, 6) is 5.21. The Bertz CT molecular complexity index is 571. The predicted octanol–water partition coefficient (Wildman–Crippen LogP) is 0.561. The fraction of sp³-hybridized carbons (Fsp3) is 0.375. The molecular weight excluding hydrogens is 266 g/mol. The van der Waals surface area contributed by atoms with Crippen LogP contribution in [0.4, 0.5) is 0 Å². The lowest BCUT2D eigenvalue weighted by molar-refractivity contribution is -0.120. The van der Waals surface area contributed by atoms with E-state index >= 15 is 0 Å². The zero-order valence-corrected chi connectivity index (χ0v) is 12.5. The lowest BCUT2D eigenvalue weighted by atomic mass is 10.0. The van der Waals surface area contributed by atoms with Gasteiger partial charge in [0.15, 0.2) is 0 Å². The fourth-order valence-electron chi connectivity index (χ4n) is 1.63. The largest absolute Gasteiger partial charge is 0.355 e. The third-order valence-corrected chi connectivity index (χ3v) is 2.81. The third kappa shape index (κ3) is 5.67. The maximum absolute atomic E-state index is 12.0. The summed E-state index contributed by atoms with van der Waals surface area (Å²) in [5.41, 5.74) is 7.57. The lowest BCUT2D eigenvalue weighted by Gasteiger charge is -2.07. The van der Waals surface area contributed by atoms with Crippen molar-refractivity contribution in [3.05, 3.63) is 34.9 Å². The van der Waals surface area contributed by atoms with Crippen LogP contribution in [0, 0.1) is 18.8 Å². The average molecular weight is 287 g/mol. The van der Waals surface area contributed by atoms with Crippen molar-refractivity contribution >= 4 is 11.8 Å². The molecule has 0 saturated heterocycles. The second-order valence-electron chi connectivity index (χ2n) is 4.57. The van der Waals surface area contributed by atoms with Crippen molar-refractivity contribution in [1.29, 1.82) is 0 Å². The van der Waals surface area contributed by atoms with E-state index in [0.29, 0.717) is 12.1 Å². The molecule has 21 heavy (non-hydrogen) atoms.